The van der Waals surface area contributed by atoms with E-state index in [1.165, 1.54) is 0 Å². The molecule has 0 bridgehead atoms. The summed E-state index contributed by atoms with van der Waals surface area (Å²) in [5.41, 5.74) is 3.19. The van der Waals surface area contributed by atoms with Crippen molar-refractivity contribution in [2.24, 2.45) is 0 Å². The first-order valence-electron chi connectivity index (χ1n) is 9.07. The lowest BCUT2D eigenvalue weighted by Gasteiger charge is -2.14. The van der Waals surface area contributed by atoms with Crippen molar-refractivity contribution in [2.45, 2.75) is 6.92 Å². The number of esters is 1. The Morgan fingerprint density at radius 2 is 1.86 bits per heavy atom. The zero-order chi connectivity index (χ0) is 20.5. The van der Waals surface area contributed by atoms with E-state index in [4.69, 9.17) is 16.3 Å². The van der Waals surface area contributed by atoms with Crippen molar-refractivity contribution < 1.29 is 14.6 Å². The monoisotopic (exact) mass is 469 g/mol. The van der Waals surface area contributed by atoms with Gasteiger partial charge in [0.2, 0.25) is 0 Å². The van der Waals surface area contributed by atoms with Crippen LogP contribution in [0.2, 0.25) is 5.02 Å². The van der Waals surface area contributed by atoms with Gasteiger partial charge in [-0.25, -0.2) is 4.79 Å². The normalized spacial score (nSPS) is 11.0. The van der Waals surface area contributed by atoms with Crippen LogP contribution < -0.4 is 0 Å². The number of carbonyl (C=O) groups excluding carboxylic acids is 1. The minimum Gasteiger partial charge on any atom is -0.507 e. The number of fused-ring (bicyclic) bond motifs is 1. The Hall–Kier alpha value is -2.76. The Labute approximate surface area is 181 Å². The van der Waals surface area contributed by atoms with Gasteiger partial charge in [0.1, 0.15) is 5.75 Å². The molecule has 0 saturated heterocycles. The summed E-state index contributed by atoms with van der Waals surface area (Å²) in [6.45, 7) is 1.99. The van der Waals surface area contributed by atoms with Crippen LogP contribution in [0.1, 0.15) is 17.3 Å². The van der Waals surface area contributed by atoms with Crippen LogP contribution in [-0.2, 0) is 4.74 Å². The second-order valence-corrected chi connectivity index (χ2v) is 7.70. The van der Waals surface area contributed by atoms with Gasteiger partial charge in [0.25, 0.3) is 0 Å². The number of rotatable bonds is 4. The maximum atomic E-state index is 13.0. The van der Waals surface area contributed by atoms with Crippen molar-refractivity contribution in [2.75, 3.05) is 6.61 Å². The van der Waals surface area contributed by atoms with Crippen molar-refractivity contribution in [1.82, 2.24) is 4.57 Å². The summed E-state index contributed by atoms with van der Waals surface area (Å²) in [5, 5.41) is 11.7. The highest BCUT2D eigenvalue weighted by Crippen LogP contribution is 2.42. The van der Waals surface area contributed by atoms with E-state index >= 15 is 0 Å². The summed E-state index contributed by atoms with van der Waals surface area (Å²) in [6.07, 6.45) is 0. The number of hydrogen-bond donors (Lipinski definition) is 1. The molecular weight excluding hydrogens is 454 g/mol. The molecule has 4 rings (SSSR count). The fraction of sp³-hybridized carbons (Fsp3) is 0.0870. The van der Waals surface area contributed by atoms with E-state index < -0.39 is 5.97 Å². The number of ether oxygens (including phenoxy) is 1. The molecule has 0 atom stereocenters. The van der Waals surface area contributed by atoms with E-state index in [0.717, 1.165) is 15.7 Å². The lowest BCUT2D eigenvalue weighted by molar-refractivity contribution is 0.0529. The average molecular weight is 471 g/mol. The molecule has 0 aliphatic carbocycles. The highest BCUT2D eigenvalue weighted by molar-refractivity contribution is 9.10. The smallest absolute Gasteiger partial charge is 0.341 e. The predicted octanol–water partition coefficient (Wildman–Crippen LogP) is 6.60. The lowest BCUT2D eigenvalue weighted by atomic mass is 10.0. The van der Waals surface area contributed by atoms with Gasteiger partial charge in [0.05, 0.1) is 34.5 Å². The van der Waals surface area contributed by atoms with Crippen LogP contribution >= 0.6 is 27.5 Å². The Morgan fingerprint density at radius 1 is 1.10 bits per heavy atom. The van der Waals surface area contributed by atoms with E-state index in [1.807, 2.05) is 53.1 Å². The molecule has 3 aromatic carbocycles. The molecule has 6 heteroatoms. The molecular formula is C23H17BrClNO3. The Balaban J connectivity index is 2.22. The second-order valence-electron chi connectivity index (χ2n) is 6.41. The molecule has 4 aromatic rings. The SMILES string of the molecule is CCOC(=O)c1c(-c2ccccc2)n(-c2cc(Cl)ccc2Br)c2cccc(O)c12. The van der Waals surface area contributed by atoms with Crippen molar-refractivity contribution in [3.63, 3.8) is 0 Å². The van der Waals surface area contributed by atoms with E-state index in [1.54, 1.807) is 25.1 Å². The highest BCUT2D eigenvalue weighted by atomic mass is 79.9. The van der Waals surface area contributed by atoms with Gasteiger partial charge in [-0.15, -0.1) is 0 Å². The van der Waals surface area contributed by atoms with Crippen LogP contribution in [-0.4, -0.2) is 22.2 Å². The van der Waals surface area contributed by atoms with Gasteiger partial charge in [-0.2, -0.15) is 0 Å². The minimum absolute atomic E-state index is 0.0136. The van der Waals surface area contributed by atoms with Gasteiger partial charge in [-0.05, 0) is 58.7 Å². The van der Waals surface area contributed by atoms with Crippen molar-refractivity contribution in [3.8, 4) is 22.7 Å². The third kappa shape index (κ3) is 3.41. The highest BCUT2D eigenvalue weighted by Gasteiger charge is 2.28. The zero-order valence-corrected chi connectivity index (χ0v) is 17.9. The van der Waals surface area contributed by atoms with Crippen LogP contribution in [0, 0.1) is 0 Å². The first-order chi connectivity index (χ1) is 14.0. The number of nitrogens with zero attached hydrogens (tertiary/aromatic N) is 1. The number of halogens is 2. The fourth-order valence-electron chi connectivity index (χ4n) is 3.50. The quantitative estimate of drug-likeness (QED) is 0.342. The molecule has 1 aromatic heterocycles. The number of hydrogen-bond acceptors (Lipinski definition) is 3. The van der Waals surface area contributed by atoms with Gasteiger partial charge in [0.15, 0.2) is 0 Å². The molecule has 1 N–H and O–H groups in total. The van der Waals surface area contributed by atoms with E-state index in [2.05, 4.69) is 15.9 Å². The summed E-state index contributed by atoms with van der Waals surface area (Å²) in [5.74, 6) is -0.477. The van der Waals surface area contributed by atoms with Gasteiger partial charge in [-0.1, -0.05) is 48.0 Å². The number of aromatic nitrogens is 1. The molecule has 0 amide bonds. The predicted molar refractivity (Wildman–Crippen MR) is 119 cm³/mol. The topological polar surface area (TPSA) is 51.5 Å². The number of phenols is 1. The van der Waals surface area contributed by atoms with Crippen LogP contribution in [0.15, 0.2) is 71.2 Å². The first kappa shape index (κ1) is 19.6. The summed E-state index contributed by atoms with van der Waals surface area (Å²) in [6, 6.07) is 20.2. The van der Waals surface area contributed by atoms with Crippen LogP contribution in [0.5, 0.6) is 5.75 Å². The number of carbonyl (C=O) groups is 1. The molecule has 0 aliphatic heterocycles. The Bertz CT molecular complexity index is 1220. The van der Waals surface area contributed by atoms with Gasteiger partial charge < -0.3 is 14.4 Å². The number of aromatic hydroxyl groups is 1. The lowest BCUT2D eigenvalue weighted by Crippen LogP contribution is -2.07. The first-order valence-corrected chi connectivity index (χ1v) is 10.2. The third-order valence-corrected chi connectivity index (χ3v) is 5.55. The van der Waals surface area contributed by atoms with Crippen molar-refractivity contribution in [1.29, 1.82) is 0 Å². The summed E-state index contributed by atoms with van der Waals surface area (Å²) in [4.78, 5) is 13.0. The third-order valence-electron chi connectivity index (χ3n) is 4.65. The van der Waals surface area contributed by atoms with Crippen molar-refractivity contribution in [3.05, 3.63) is 81.8 Å². The molecule has 29 heavy (non-hydrogen) atoms. The molecule has 146 valence electrons. The van der Waals surface area contributed by atoms with Crippen LogP contribution in [0.3, 0.4) is 0 Å². The van der Waals surface area contributed by atoms with Crippen LogP contribution in [0.25, 0.3) is 27.8 Å². The second kappa shape index (κ2) is 7.93. The maximum Gasteiger partial charge on any atom is 0.341 e. The minimum atomic E-state index is -0.491. The molecule has 0 fully saturated rings. The maximum absolute atomic E-state index is 13.0. The average Bonchev–Trinajstić information content (AvgIpc) is 3.07. The van der Waals surface area contributed by atoms with Gasteiger partial charge >= 0.3 is 5.97 Å². The van der Waals surface area contributed by atoms with Gasteiger partial charge in [-0.3, -0.25) is 0 Å². The fourth-order valence-corrected chi connectivity index (χ4v) is 4.09. The van der Waals surface area contributed by atoms with E-state index in [-0.39, 0.29) is 12.4 Å². The van der Waals surface area contributed by atoms with Crippen molar-refractivity contribution >= 4 is 44.4 Å². The van der Waals surface area contributed by atoms with E-state index in [9.17, 15) is 9.90 Å². The summed E-state index contributed by atoms with van der Waals surface area (Å²) < 4.78 is 8.08. The van der Waals surface area contributed by atoms with Crippen LogP contribution in [0.4, 0.5) is 0 Å². The Kier molecular flexibility index (Phi) is 5.35. The largest absolute Gasteiger partial charge is 0.507 e. The number of benzene rings is 3. The molecule has 0 aliphatic rings. The summed E-state index contributed by atoms with van der Waals surface area (Å²) in [7, 11) is 0. The number of phenolic OH excluding ortho intramolecular Hbond substituents is 1. The van der Waals surface area contributed by atoms with E-state index in [0.29, 0.717) is 27.2 Å². The molecule has 0 spiro atoms. The summed E-state index contributed by atoms with van der Waals surface area (Å²) >= 11 is 9.89. The molecule has 0 saturated carbocycles. The molecule has 4 nitrogen and oxygen atoms in total. The molecule has 1 heterocycles. The standard InChI is InChI=1S/C23H17BrClNO3/c1-2-29-23(28)21-20-17(9-6-10-19(20)27)26(18-13-15(25)11-12-16(18)24)22(21)14-7-4-3-5-8-14/h3-13,27H,2H2,1H3. The van der Waals surface area contributed by atoms with Gasteiger partial charge in [0, 0.05) is 9.50 Å². The Morgan fingerprint density at radius 3 is 2.59 bits per heavy atom. The zero-order valence-electron chi connectivity index (χ0n) is 15.5. The molecule has 0 unspecified atom stereocenters. The molecule has 0 radical (unpaired) electrons.